The van der Waals surface area contributed by atoms with Gasteiger partial charge in [0.1, 0.15) is 10.6 Å². The van der Waals surface area contributed by atoms with Crippen molar-refractivity contribution in [2.24, 2.45) is 0 Å². The van der Waals surface area contributed by atoms with Crippen molar-refractivity contribution in [2.75, 3.05) is 0 Å². The largest absolute Gasteiger partial charge is 0.505 e. The van der Waals surface area contributed by atoms with E-state index in [1.54, 1.807) is 4.98 Å². The van der Waals surface area contributed by atoms with Gasteiger partial charge in [0.2, 0.25) is 0 Å². The highest BCUT2D eigenvalue weighted by Gasteiger charge is 2.35. The molecule has 0 aliphatic rings. The predicted octanol–water partition coefficient (Wildman–Crippen LogP) is 1.75. The van der Waals surface area contributed by atoms with E-state index in [9.17, 15) is 18.0 Å². The highest BCUT2D eigenvalue weighted by molar-refractivity contribution is 6.31. The Kier molecular flexibility index (Phi) is 2.25. The van der Waals surface area contributed by atoms with Crippen LogP contribution in [0.3, 0.4) is 0 Å². The molecule has 0 radical (unpaired) electrons. The summed E-state index contributed by atoms with van der Waals surface area (Å²) in [6.45, 7) is 0. The minimum Gasteiger partial charge on any atom is -0.505 e. The number of H-pyrrole nitrogens is 1. The number of halogens is 4. The molecule has 0 atom stereocenters. The highest BCUT2D eigenvalue weighted by Crippen LogP contribution is 2.36. The van der Waals surface area contributed by atoms with Gasteiger partial charge in [-0.3, -0.25) is 4.79 Å². The quantitative estimate of drug-likeness (QED) is 0.690. The van der Waals surface area contributed by atoms with Crippen LogP contribution in [0.25, 0.3) is 0 Å². The minimum absolute atomic E-state index is 0.365. The van der Waals surface area contributed by atoms with Crippen LogP contribution >= 0.6 is 11.6 Å². The Hall–Kier alpha value is -1.17. The number of nitrogens with one attached hydrogen (secondary N) is 1. The van der Waals surface area contributed by atoms with Gasteiger partial charge < -0.3 is 10.1 Å². The van der Waals surface area contributed by atoms with E-state index in [2.05, 4.69) is 0 Å². The van der Waals surface area contributed by atoms with Crippen molar-refractivity contribution < 1.29 is 18.3 Å². The number of aromatic amines is 1. The predicted molar refractivity (Wildman–Crippen MR) is 38.7 cm³/mol. The van der Waals surface area contributed by atoms with Gasteiger partial charge in [0, 0.05) is 6.20 Å². The summed E-state index contributed by atoms with van der Waals surface area (Å²) in [7, 11) is 0. The summed E-state index contributed by atoms with van der Waals surface area (Å²) in [5.41, 5.74) is -2.33. The number of alkyl halides is 3. The first-order valence-electron chi connectivity index (χ1n) is 3.01. The SMILES string of the molecule is O=c1[nH]cc(C(F)(F)F)c(O)c1Cl. The number of hydrogen-bond acceptors (Lipinski definition) is 2. The molecular weight excluding hydrogens is 211 g/mol. The van der Waals surface area contributed by atoms with E-state index < -0.39 is 28.1 Å². The molecule has 3 nitrogen and oxygen atoms in total. The van der Waals surface area contributed by atoms with Gasteiger partial charge in [-0.1, -0.05) is 11.6 Å². The summed E-state index contributed by atoms with van der Waals surface area (Å²) in [4.78, 5) is 12.4. The lowest BCUT2D eigenvalue weighted by atomic mass is 10.2. The second kappa shape index (κ2) is 2.95. The molecule has 0 unspecified atom stereocenters. The number of aromatic hydroxyl groups is 1. The molecule has 0 aliphatic heterocycles. The summed E-state index contributed by atoms with van der Waals surface area (Å²) in [6.07, 6.45) is -4.37. The van der Waals surface area contributed by atoms with Crippen molar-refractivity contribution in [3.63, 3.8) is 0 Å². The fourth-order valence-electron chi connectivity index (χ4n) is 0.711. The molecule has 0 bridgehead atoms. The van der Waals surface area contributed by atoms with Crippen molar-refractivity contribution in [3.05, 3.63) is 27.1 Å². The second-order valence-corrected chi connectivity index (χ2v) is 2.57. The zero-order chi connectivity index (χ0) is 10.2. The van der Waals surface area contributed by atoms with Gasteiger partial charge in [-0.25, -0.2) is 0 Å². The molecule has 1 rings (SSSR count). The average molecular weight is 214 g/mol. The number of pyridine rings is 1. The van der Waals surface area contributed by atoms with Gasteiger partial charge in [-0.05, 0) is 0 Å². The molecule has 0 fully saturated rings. The molecule has 0 aliphatic carbocycles. The maximum atomic E-state index is 12.0. The van der Waals surface area contributed by atoms with Gasteiger partial charge >= 0.3 is 6.18 Å². The van der Waals surface area contributed by atoms with Crippen LogP contribution < -0.4 is 5.56 Å². The summed E-state index contributed by atoms with van der Waals surface area (Å²) in [5.74, 6) is -1.25. The van der Waals surface area contributed by atoms with Crippen molar-refractivity contribution in [2.45, 2.75) is 6.18 Å². The van der Waals surface area contributed by atoms with Crippen LogP contribution in [-0.4, -0.2) is 10.1 Å². The maximum absolute atomic E-state index is 12.0. The van der Waals surface area contributed by atoms with Gasteiger partial charge in [-0.15, -0.1) is 0 Å². The van der Waals surface area contributed by atoms with Gasteiger partial charge in [0.15, 0.2) is 5.75 Å². The van der Waals surface area contributed by atoms with Gasteiger partial charge in [-0.2, -0.15) is 13.2 Å². The van der Waals surface area contributed by atoms with Gasteiger partial charge in [0.25, 0.3) is 5.56 Å². The number of aromatic nitrogens is 1. The van der Waals surface area contributed by atoms with E-state index in [-0.39, 0.29) is 0 Å². The second-order valence-electron chi connectivity index (χ2n) is 2.19. The normalized spacial score (nSPS) is 11.7. The van der Waals surface area contributed by atoms with Crippen molar-refractivity contribution in [3.8, 4) is 5.75 Å². The van der Waals surface area contributed by atoms with Crippen LogP contribution in [0.4, 0.5) is 13.2 Å². The standard InChI is InChI=1S/C6H3ClF3NO2/c7-3-4(12)2(6(8,9)10)1-11-5(3)13/h1H,(H2,11,12,13). The van der Waals surface area contributed by atoms with Crippen LogP contribution in [0.2, 0.25) is 5.02 Å². The third-order valence-corrected chi connectivity index (χ3v) is 1.67. The first-order valence-corrected chi connectivity index (χ1v) is 3.39. The monoisotopic (exact) mass is 213 g/mol. The van der Waals surface area contributed by atoms with E-state index in [1.165, 1.54) is 0 Å². The molecule has 7 heteroatoms. The molecule has 1 aromatic rings. The Labute approximate surface area is 74.8 Å². The first-order chi connectivity index (χ1) is 5.84. The lowest BCUT2D eigenvalue weighted by Crippen LogP contribution is -2.12. The summed E-state index contributed by atoms with van der Waals surface area (Å²) < 4.78 is 36.1. The van der Waals surface area contributed by atoms with E-state index in [0.29, 0.717) is 6.20 Å². The molecule has 0 saturated heterocycles. The molecule has 0 aromatic carbocycles. The van der Waals surface area contributed by atoms with Crippen molar-refractivity contribution in [1.29, 1.82) is 0 Å². The molecule has 0 spiro atoms. The lowest BCUT2D eigenvalue weighted by molar-refractivity contribution is -0.139. The van der Waals surface area contributed by atoms with Gasteiger partial charge in [0.05, 0.1) is 0 Å². The average Bonchev–Trinajstić information content (AvgIpc) is 1.98. The van der Waals surface area contributed by atoms with Crippen molar-refractivity contribution >= 4 is 11.6 Å². The van der Waals surface area contributed by atoms with E-state index >= 15 is 0 Å². The first kappa shape index (κ1) is 9.91. The lowest BCUT2D eigenvalue weighted by Gasteiger charge is -2.08. The Morgan fingerprint density at radius 3 is 2.46 bits per heavy atom. The third-order valence-electron chi connectivity index (χ3n) is 1.32. The van der Waals surface area contributed by atoms with E-state index in [1.807, 2.05) is 0 Å². The topological polar surface area (TPSA) is 53.1 Å². The summed E-state index contributed by atoms with van der Waals surface area (Å²) >= 11 is 5.10. The smallest absolute Gasteiger partial charge is 0.421 e. The van der Waals surface area contributed by atoms with Crippen LogP contribution in [0, 0.1) is 0 Å². The molecule has 1 heterocycles. The maximum Gasteiger partial charge on any atom is 0.421 e. The Morgan fingerprint density at radius 2 is 2.00 bits per heavy atom. The fourth-order valence-corrected chi connectivity index (χ4v) is 0.868. The Morgan fingerprint density at radius 1 is 1.46 bits per heavy atom. The van der Waals surface area contributed by atoms with E-state index in [4.69, 9.17) is 16.7 Å². The van der Waals surface area contributed by atoms with Crippen LogP contribution in [0.5, 0.6) is 5.75 Å². The molecule has 1 aromatic heterocycles. The fraction of sp³-hybridized carbons (Fsp3) is 0.167. The molecule has 72 valence electrons. The summed E-state index contributed by atoms with van der Waals surface area (Å²) in [6, 6.07) is 0. The van der Waals surface area contributed by atoms with Crippen molar-refractivity contribution in [1.82, 2.24) is 4.98 Å². The number of hydrogen-bond donors (Lipinski definition) is 2. The van der Waals surface area contributed by atoms with Crippen LogP contribution in [0.15, 0.2) is 11.0 Å². The molecular formula is C6H3ClF3NO2. The zero-order valence-electron chi connectivity index (χ0n) is 5.94. The summed E-state index contributed by atoms with van der Waals surface area (Å²) in [5, 5.41) is 7.98. The van der Waals surface area contributed by atoms with E-state index in [0.717, 1.165) is 0 Å². The highest BCUT2D eigenvalue weighted by atomic mass is 35.5. The minimum atomic E-state index is -4.74. The zero-order valence-corrected chi connectivity index (χ0v) is 6.70. The molecule has 0 saturated carbocycles. The molecule has 2 N–H and O–H groups in total. The molecule has 13 heavy (non-hydrogen) atoms. The third kappa shape index (κ3) is 1.77. The Bertz CT molecular complexity index is 384. The number of rotatable bonds is 0. The molecule has 0 amide bonds. The van der Waals surface area contributed by atoms with Crippen LogP contribution in [0.1, 0.15) is 5.56 Å². The Balaban J connectivity index is 3.44. The van der Waals surface area contributed by atoms with Crippen LogP contribution in [-0.2, 0) is 6.18 Å².